The quantitative estimate of drug-likeness (QED) is 0.898. The molecule has 0 bridgehead atoms. The smallest absolute Gasteiger partial charge is 0.214 e. The molecule has 1 aromatic rings. The molecule has 0 fully saturated rings. The van der Waals surface area contributed by atoms with Crippen LogP contribution in [0.4, 0.5) is 13.2 Å². The average Bonchev–Trinajstić information content (AvgIpc) is 2.16. The van der Waals surface area contributed by atoms with Gasteiger partial charge >= 0.3 is 6.18 Å². The van der Waals surface area contributed by atoms with Gasteiger partial charge in [-0.25, -0.2) is 13.1 Å². The monoisotopic (exact) mass is 273 g/mol. The second kappa shape index (κ2) is 4.23. The molecule has 0 aliphatic carbocycles. The van der Waals surface area contributed by atoms with Crippen molar-refractivity contribution in [3.63, 3.8) is 0 Å². The Balaban J connectivity index is 3.32. The van der Waals surface area contributed by atoms with Gasteiger partial charge in [-0.05, 0) is 25.2 Å². The second-order valence-corrected chi connectivity index (χ2v) is 5.11. The molecule has 90 valence electrons. The van der Waals surface area contributed by atoms with Gasteiger partial charge in [-0.1, -0.05) is 11.6 Å². The molecule has 0 aromatic heterocycles. The summed E-state index contributed by atoms with van der Waals surface area (Å²) in [4.78, 5) is -0.385. The van der Waals surface area contributed by atoms with E-state index in [1.807, 2.05) is 4.72 Å². The van der Waals surface area contributed by atoms with Crippen molar-refractivity contribution in [3.05, 3.63) is 28.8 Å². The van der Waals surface area contributed by atoms with Crippen molar-refractivity contribution >= 4 is 21.6 Å². The molecule has 3 nitrogen and oxygen atoms in total. The number of hydrogen-bond acceptors (Lipinski definition) is 2. The fourth-order valence-electron chi connectivity index (χ4n) is 1.01. The molecule has 0 amide bonds. The van der Waals surface area contributed by atoms with Crippen LogP contribution in [-0.4, -0.2) is 15.5 Å². The van der Waals surface area contributed by atoms with E-state index in [2.05, 4.69) is 0 Å². The predicted octanol–water partition coefficient (Wildman–Crippen LogP) is 2.27. The lowest BCUT2D eigenvalue weighted by Crippen LogP contribution is -2.19. The molecule has 0 atom stereocenters. The number of sulfonamides is 1. The molecule has 1 rings (SSSR count). The Labute approximate surface area is 95.3 Å². The fourth-order valence-corrected chi connectivity index (χ4v) is 2.27. The third-order valence-corrected chi connectivity index (χ3v) is 3.71. The summed E-state index contributed by atoms with van der Waals surface area (Å²) < 4.78 is 61.3. The Bertz CT molecular complexity index is 498. The van der Waals surface area contributed by atoms with E-state index in [1.54, 1.807) is 0 Å². The van der Waals surface area contributed by atoms with Gasteiger partial charge in [-0.3, -0.25) is 0 Å². The molecule has 0 spiro atoms. The van der Waals surface area contributed by atoms with E-state index in [4.69, 9.17) is 11.6 Å². The molecular weight excluding hydrogens is 267 g/mol. The zero-order valence-electron chi connectivity index (χ0n) is 7.97. The van der Waals surface area contributed by atoms with Gasteiger partial charge in [0.25, 0.3) is 0 Å². The summed E-state index contributed by atoms with van der Waals surface area (Å²) in [6.45, 7) is 0. The lowest BCUT2D eigenvalue weighted by atomic mass is 10.2. The Hall–Kier alpha value is -0.790. The zero-order valence-corrected chi connectivity index (χ0v) is 9.54. The van der Waals surface area contributed by atoms with Crippen LogP contribution in [0.2, 0.25) is 5.02 Å². The van der Waals surface area contributed by atoms with Crippen LogP contribution in [0.5, 0.6) is 0 Å². The summed E-state index contributed by atoms with van der Waals surface area (Å²) in [5.74, 6) is 0. The maximum absolute atomic E-state index is 12.3. The van der Waals surface area contributed by atoms with Crippen LogP contribution in [0.3, 0.4) is 0 Å². The lowest BCUT2D eigenvalue weighted by Gasteiger charge is -2.09. The third-order valence-electron chi connectivity index (χ3n) is 1.82. The molecule has 8 heteroatoms. The zero-order chi connectivity index (χ0) is 12.6. The highest BCUT2D eigenvalue weighted by Crippen LogP contribution is 2.33. The van der Waals surface area contributed by atoms with Gasteiger partial charge in [0.2, 0.25) is 10.0 Å². The highest BCUT2D eigenvalue weighted by atomic mass is 35.5. The van der Waals surface area contributed by atoms with Crippen molar-refractivity contribution < 1.29 is 21.6 Å². The SMILES string of the molecule is CNS(=O)(=O)c1ccc(C(F)(F)F)cc1Cl. The highest BCUT2D eigenvalue weighted by Gasteiger charge is 2.31. The van der Waals surface area contributed by atoms with Gasteiger partial charge in [0.1, 0.15) is 4.90 Å². The van der Waals surface area contributed by atoms with Crippen LogP contribution < -0.4 is 4.72 Å². The molecule has 0 aliphatic rings. The topological polar surface area (TPSA) is 46.2 Å². The van der Waals surface area contributed by atoms with Gasteiger partial charge in [-0.2, -0.15) is 13.2 Å². The van der Waals surface area contributed by atoms with Gasteiger partial charge < -0.3 is 0 Å². The molecule has 0 saturated carbocycles. The number of hydrogen-bond donors (Lipinski definition) is 1. The van der Waals surface area contributed by atoms with Crippen molar-refractivity contribution in [2.24, 2.45) is 0 Å². The Kier molecular flexibility index (Phi) is 3.51. The summed E-state index contributed by atoms with van der Waals surface area (Å²) in [5, 5.41) is -0.468. The van der Waals surface area contributed by atoms with E-state index in [-0.39, 0.29) is 4.90 Å². The van der Waals surface area contributed by atoms with Gasteiger partial charge in [0.15, 0.2) is 0 Å². The van der Waals surface area contributed by atoms with E-state index in [0.717, 1.165) is 13.1 Å². The van der Waals surface area contributed by atoms with E-state index in [0.29, 0.717) is 12.1 Å². The summed E-state index contributed by atoms with van der Waals surface area (Å²) in [7, 11) is -2.70. The van der Waals surface area contributed by atoms with Crippen LogP contribution in [0.15, 0.2) is 23.1 Å². The summed E-state index contributed by atoms with van der Waals surface area (Å²) in [6, 6.07) is 2.05. The summed E-state index contributed by atoms with van der Waals surface area (Å²) in [5.41, 5.74) is -0.993. The van der Waals surface area contributed by atoms with Crippen molar-refractivity contribution in [3.8, 4) is 0 Å². The number of halogens is 4. The van der Waals surface area contributed by atoms with E-state index >= 15 is 0 Å². The predicted molar refractivity (Wildman–Crippen MR) is 52.7 cm³/mol. The maximum atomic E-state index is 12.3. The molecule has 0 unspecified atom stereocenters. The first-order chi connectivity index (χ1) is 7.18. The van der Waals surface area contributed by atoms with Gasteiger partial charge in [0, 0.05) is 0 Å². The van der Waals surface area contributed by atoms with E-state index in [1.165, 1.54) is 0 Å². The molecule has 0 saturated heterocycles. The molecule has 1 aromatic carbocycles. The Morgan fingerprint density at radius 2 is 1.88 bits per heavy atom. The van der Waals surface area contributed by atoms with Crippen LogP contribution in [0, 0.1) is 0 Å². The van der Waals surface area contributed by atoms with Crippen LogP contribution in [0.1, 0.15) is 5.56 Å². The van der Waals surface area contributed by atoms with Crippen LogP contribution in [-0.2, 0) is 16.2 Å². The second-order valence-electron chi connectivity index (χ2n) is 2.85. The largest absolute Gasteiger partial charge is 0.416 e. The Morgan fingerprint density at radius 3 is 2.25 bits per heavy atom. The number of alkyl halides is 3. The minimum Gasteiger partial charge on any atom is -0.214 e. The van der Waals surface area contributed by atoms with Crippen molar-refractivity contribution in [2.75, 3.05) is 7.05 Å². The Morgan fingerprint density at radius 1 is 1.31 bits per heavy atom. The molecule has 0 heterocycles. The first-order valence-corrected chi connectivity index (χ1v) is 5.85. The van der Waals surface area contributed by atoms with E-state index in [9.17, 15) is 21.6 Å². The number of rotatable bonds is 2. The normalized spacial score (nSPS) is 12.8. The third kappa shape index (κ3) is 2.66. The highest BCUT2D eigenvalue weighted by molar-refractivity contribution is 7.89. The molecule has 16 heavy (non-hydrogen) atoms. The van der Waals surface area contributed by atoms with Crippen LogP contribution >= 0.6 is 11.6 Å². The van der Waals surface area contributed by atoms with Gasteiger partial charge in [-0.15, -0.1) is 0 Å². The van der Waals surface area contributed by atoms with Crippen LogP contribution in [0.25, 0.3) is 0 Å². The van der Waals surface area contributed by atoms with E-state index < -0.39 is 26.8 Å². The molecule has 0 radical (unpaired) electrons. The summed E-state index contributed by atoms with van der Waals surface area (Å²) in [6.07, 6.45) is -4.55. The molecule has 1 N–H and O–H groups in total. The average molecular weight is 274 g/mol. The minimum absolute atomic E-state index is 0.385. The standard InChI is InChI=1S/C8H7ClF3NO2S/c1-13-16(14,15)7-3-2-5(4-6(7)9)8(10,11)12/h2-4,13H,1H3. The first kappa shape index (κ1) is 13.3. The van der Waals surface area contributed by atoms with Gasteiger partial charge in [0.05, 0.1) is 10.6 Å². The number of benzene rings is 1. The number of nitrogens with one attached hydrogen (secondary N) is 1. The van der Waals surface area contributed by atoms with Crippen molar-refractivity contribution in [1.82, 2.24) is 4.72 Å². The maximum Gasteiger partial charge on any atom is 0.416 e. The summed E-state index contributed by atoms with van der Waals surface area (Å²) >= 11 is 5.48. The lowest BCUT2D eigenvalue weighted by molar-refractivity contribution is -0.137. The molecular formula is C8H7ClF3NO2S. The van der Waals surface area contributed by atoms with Crippen molar-refractivity contribution in [1.29, 1.82) is 0 Å². The minimum atomic E-state index is -4.55. The first-order valence-electron chi connectivity index (χ1n) is 3.99. The van der Waals surface area contributed by atoms with Crippen molar-refractivity contribution in [2.45, 2.75) is 11.1 Å². The molecule has 0 aliphatic heterocycles. The fraction of sp³-hybridized carbons (Fsp3) is 0.250.